The van der Waals surface area contributed by atoms with Crippen molar-refractivity contribution in [1.82, 2.24) is 10.6 Å². The Morgan fingerprint density at radius 2 is 0.667 bits per heavy atom. The van der Waals surface area contributed by atoms with Gasteiger partial charge in [-0.25, -0.2) is 0 Å². The van der Waals surface area contributed by atoms with Gasteiger partial charge in [0, 0.05) is 0 Å². The first-order valence-corrected chi connectivity index (χ1v) is 20.2. The molecule has 0 radical (unpaired) electrons. The SMILES string of the molecule is CCCCCCCCCCCCCCN[C@@H]1C=C(CC)C(O)[C@H](O)C1O.CCCCCCCCCCN[C@@H]1C=C(CC)C(O)[C@H](O)C1O. The summed E-state index contributed by atoms with van der Waals surface area (Å²) in [7, 11) is 0. The minimum atomic E-state index is -1.09. The highest BCUT2D eigenvalue weighted by atomic mass is 16.4. The van der Waals surface area contributed by atoms with Gasteiger partial charge in [-0.1, -0.05) is 155 Å². The molecule has 2 rings (SSSR count). The lowest BCUT2D eigenvalue weighted by Crippen LogP contribution is -2.53. The molecule has 0 fully saturated rings. The summed E-state index contributed by atoms with van der Waals surface area (Å²) in [6, 6.07) is -0.506. The van der Waals surface area contributed by atoms with Crippen LogP contribution in [0.3, 0.4) is 0 Å². The molecule has 0 amide bonds. The fraction of sp³-hybridized carbons (Fsp3) is 0.900. The molecule has 2 aliphatic rings. The molecule has 8 heteroatoms. The molecule has 284 valence electrons. The molecule has 48 heavy (non-hydrogen) atoms. The third-order valence-electron chi connectivity index (χ3n) is 10.3. The van der Waals surface area contributed by atoms with Crippen LogP contribution in [0.2, 0.25) is 0 Å². The number of hydrogen-bond acceptors (Lipinski definition) is 8. The Balaban J connectivity index is 0.000000487. The lowest BCUT2D eigenvalue weighted by molar-refractivity contribution is -0.0621. The summed E-state index contributed by atoms with van der Waals surface area (Å²) in [5.41, 5.74) is 1.63. The van der Waals surface area contributed by atoms with Gasteiger partial charge in [-0.05, 0) is 49.9 Å². The van der Waals surface area contributed by atoms with Gasteiger partial charge < -0.3 is 41.3 Å². The first kappa shape index (κ1) is 45.2. The van der Waals surface area contributed by atoms with Gasteiger partial charge >= 0.3 is 0 Å². The normalized spacial score (nSPS) is 27.3. The van der Waals surface area contributed by atoms with E-state index in [2.05, 4.69) is 24.5 Å². The molecular formula is C40H78N2O6. The Bertz CT molecular complexity index is 824. The maximum atomic E-state index is 10.1. The van der Waals surface area contributed by atoms with Crippen molar-refractivity contribution in [1.29, 1.82) is 0 Å². The number of rotatable bonds is 26. The Kier molecular flexibility index (Phi) is 27.1. The van der Waals surface area contributed by atoms with E-state index in [4.69, 9.17) is 0 Å². The fourth-order valence-corrected chi connectivity index (χ4v) is 6.87. The first-order chi connectivity index (χ1) is 23.2. The van der Waals surface area contributed by atoms with E-state index in [1.807, 2.05) is 26.0 Å². The number of aliphatic hydroxyl groups is 6. The Morgan fingerprint density at radius 1 is 0.396 bits per heavy atom. The lowest BCUT2D eigenvalue weighted by atomic mass is 9.87. The van der Waals surface area contributed by atoms with E-state index < -0.39 is 36.6 Å². The van der Waals surface area contributed by atoms with Gasteiger partial charge in [-0.2, -0.15) is 0 Å². The zero-order chi connectivity index (χ0) is 35.6. The maximum Gasteiger partial charge on any atom is 0.111 e. The second-order valence-electron chi connectivity index (χ2n) is 14.4. The minimum Gasteiger partial charge on any atom is -0.388 e. The average Bonchev–Trinajstić information content (AvgIpc) is 3.09. The Hall–Kier alpha value is -0.840. The van der Waals surface area contributed by atoms with Crippen LogP contribution in [-0.2, 0) is 0 Å². The molecule has 0 saturated heterocycles. The quantitative estimate of drug-likeness (QED) is 0.0377. The Morgan fingerprint density at radius 3 is 0.938 bits per heavy atom. The summed E-state index contributed by atoms with van der Waals surface area (Å²) in [4.78, 5) is 0. The summed E-state index contributed by atoms with van der Waals surface area (Å²) in [6.45, 7) is 10.1. The highest BCUT2D eigenvalue weighted by Gasteiger charge is 2.37. The van der Waals surface area contributed by atoms with Crippen LogP contribution in [0, 0.1) is 0 Å². The van der Waals surface area contributed by atoms with Crippen LogP contribution in [0.4, 0.5) is 0 Å². The van der Waals surface area contributed by atoms with Crippen molar-refractivity contribution in [3.05, 3.63) is 23.3 Å². The third-order valence-corrected chi connectivity index (χ3v) is 10.3. The predicted octanol–water partition coefficient (Wildman–Crippen LogP) is 6.60. The van der Waals surface area contributed by atoms with Crippen LogP contribution >= 0.6 is 0 Å². The zero-order valence-electron chi connectivity index (χ0n) is 31.4. The van der Waals surface area contributed by atoms with Gasteiger partial charge in [0.1, 0.15) is 36.6 Å². The summed E-state index contributed by atoms with van der Waals surface area (Å²) >= 11 is 0. The minimum absolute atomic E-state index is 0.252. The van der Waals surface area contributed by atoms with Crippen molar-refractivity contribution < 1.29 is 30.6 Å². The van der Waals surface area contributed by atoms with Crippen molar-refractivity contribution in [2.75, 3.05) is 13.1 Å². The van der Waals surface area contributed by atoms with E-state index in [9.17, 15) is 30.6 Å². The van der Waals surface area contributed by atoms with Gasteiger partial charge in [0.2, 0.25) is 0 Å². The second kappa shape index (κ2) is 28.8. The van der Waals surface area contributed by atoms with Crippen LogP contribution in [0.25, 0.3) is 0 Å². The lowest BCUT2D eigenvalue weighted by Gasteiger charge is -2.35. The van der Waals surface area contributed by atoms with Crippen molar-refractivity contribution in [3.63, 3.8) is 0 Å². The fourth-order valence-electron chi connectivity index (χ4n) is 6.87. The molecule has 0 aromatic rings. The van der Waals surface area contributed by atoms with Crippen molar-refractivity contribution in [3.8, 4) is 0 Å². The van der Waals surface area contributed by atoms with E-state index in [1.54, 1.807) is 0 Å². The van der Waals surface area contributed by atoms with Crippen molar-refractivity contribution >= 4 is 0 Å². The topological polar surface area (TPSA) is 145 Å². The molecule has 8 N–H and O–H groups in total. The summed E-state index contributed by atoms with van der Waals surface area (Å²) in [5, 5.41) is 66.3. The molecule has 0 bridgehead atoms. The molecule has 0 aromatic heterocycles. The summed E-state index contributed by atoms with van der Waals surface area (Å²) < 4.78 is 0. The van der Waals surface area contributed by atoms with Crippen LogP contribution in [0.1, 0.15) is 169 Å². The highest BCUT2D eigenvalue weighted by Crippen LogP contribution is 2.24. The first-order valence-electron chi connectivity index (χ1n) is 20.2. The van der Waals surface area contributed by atoms with Gasteiger partial charge in [0.15, 0.2) is 0 Å². The van der Waals surface area contributed by atoms with E-state index >= 15 is 0 Å². The smallest absolute Gasteiger partial charge is 0.111 e. The molecule has 0 aliphatic heterocycles. The van der Waals surface area contributed by atoms with E-state index in [1.165, 1.54) is 116 Å². The second-order valence-corrected chi connectivity index (χ2v) is 14.4. The molecular weight excluding hydrogens is 604 g/mol. The van der Waals surface area contributed by atoms with Crippen LogP contribution in [0.5, 0.6) is 0 Å². The van der Waals surface area contributed by atoms with Crippen LogP contribution in [-0.4, -0.2) is 92.4 Å². The molecule has 8 nitrogen and oxygen atoms in total. The van der Waals surface area contributed by atoms with E-state index in [-0.39, 0.29) is 12.1 Å². The number of unbranched alkanes of at least 4 members (excludes halogenated alkanes) is 18. The molecule has 2 aliphatic carbocycles. The number of aliphatic hydroxyl groups excluding tert-OH is 6. The summed E-state index contributed by atoms with van der Waals surface area (Å²) in [6.07, 6.45) is 25.5. The molecule has 8 atom stereocenters. The number of hydrogen-bond donors (Lipinski definition) is 8. The molecule has 0 saturated carbocycles. The molecule has 4 unspecified atom stereocenters. The summed E-state index contributed by atoms with van der Waals surface area (Å²) in [5.74, 6) is 0. The number of nitrogens with one attached hydrogen (secondary N) is 2. The largest absolute Gasteiger partial charge is 0.388 e. The van der Waals surface area contributed by atoms with Gasteiger partial charge in [0.25, 0.3) is 0 Å². The van der Waals surface area contributed by atoms with E-state index in [0.29, 0.717) is 12.8 Å². The standard InChI is InChI=1S/C22H43NO3.C18H35NO3/c1-3-5-6-7-8-9-10-11-12-13-14-15-16-23-19-17-18(4-2)20(24)22(26)21(19)25;1-3-5-6-7-8-9-10-11-12-19-15-13-14(4-2)16(20)18(22)17(15)21/h17,19-26H,3-16H2,1-2H3;13,15-22H,3-12H2,1-2H3/t19-,20?,21?,22+;15-,16?,17?,18+/m11/s1. The van der Waals surface area contributed by atoms with E-state index in [0.717, 1.165) is 37.1 Å². The average molecular weight is 683 g/mol. The monoisotopic (exact) mass is 683 g/mol. The molecule has 0 aromatic carbocycles. The van der Waals surface area contributed by atoms with Gasteiger partial charge in [-0.15, -0.1) is 0 Å². The molecule has 0 spiro atoms. The van der Waals surface area contributed by atoms with Crippen molar-refractivity contribution in [2.24, 2.45) is 0 Å². The molecule has 0 heterocycles. The highest BCUT2D eigenvalue weighted by molar-refractivity contribution is 5.21. The maximum absolute atomic E-state index is 10.1. The third kappa shape index (κ3) is 18.4. The van der Waals surface area contributed by atoms with Crippen LogP contribution < -0.4 is 10.6 Å². The predicted molar refractivity (Wildman–Crippen MR) is 200 cm³/mol. The Labute approximate surface area is 294 Å². The van der Waals surface area contributed by atoms with Crippen LogP contribution in [0.15, 0.2) is 23.3 Å². The van der Waals surface area contributed by atoms with Gasteiger partial charge in [-0.3, -0.25) is 0 Å². The van der Waals surface area contributed by atoms with Crippen molar-refractivity contribution in [2.45, 2.75) is 218 Å². The zero-order valence-corrected chi connectivity index (χ0v) is 31.4. The van der Waals surface area contributed by atoms with Gasteiger partial charge in [0.05, 0.1) is 12.1 Å².